The Bertz CT molecular complexity index is 578. The van der Waals surface area contributed by atoms with Gasteiger partial charge in [-0.1, -0.05) is 13.3 Å². The van der Waals surface area contributed by atoms with Crippen LogP contribution in [0.3, 0.4) is 0 Å². The summed E-state index contributed by atoms with van der Waals surface area (Å²) in [5, 5.41) is 9.24. The molecule has 3 atom stereocenters. The minimum Gasteiger partial charge on any atom is -0.487 e. The zero-order valence-electron chi connectivity index (χ0n) is 13.5. The molecule has 0 aliphatic carbocycles. The van der Waals surface area contributed by atoms with Crippen molar-refractivity contribution in [1.29, 1.82) is 0 Å². The van der Waals surface area contributed by atoms with Crippen LogP contribution >= 0.6 is 0 Å². The first-order valence-electron chi connectivity index (χ1n) is 8.14. The van der Waals surface area contributed by atoms with Gasteiger partial charge in [0.1, 0.15) is 11.4 Å². The van der Waals surface area contributed by atoms with E-state index in [9.17, 15) is 9.90 Å². The van der Waals surface area contributed by atoms with E-state index in [0.717, 1.165) is 37.0 Å². The highest BCUT2D eigenvalue weighted by Crippen LogP contribution is 2.51. The smallest absolute Gasteiger partial charge is 0.335 e. The molecule has 0 spiro atoms. The maximum absolute atomic E-state index is 11.3. The maximum atomic E-state index is 11.3. The molecule has 4 nitrogen and oxygen atoms in total. The molecule has 0 bridgehead atoms. The second-order valence-electron chi connectivity index (χ2n) is 6.91. The van der Waals surface area contributed by atoms with Crippen molar-refractivity contribution < 1.29 is 19.4 Å². The van der Waals surface area contributed by atoms with Gasteiger partial charge in [-0.3, -0.25) is 0 Å². The van der Waals surface area contributed by atoms with E-state index in [2.05, 4.69) is 20.8 Å². The van der Waals surface area contributed by atoms with E-state index >= 15 is 0 Å². The fraction of sp³-hybridized carbons (Fsp3) is 0.611. The summed E-state index contributed by atoms with van der Waals surface area (Å²) in [6.07, 6.45) is 4.46. The third kappa shape index (κ3) is 2.60. The average molecular weight is 304 g/mol. The van der Waals surface area contributed by atoms with Gasteiger partial charge in [-0.15, -0.1) is 0 Å². The summed E-state index contributed by atoms with van der Waals surface area (Å²) in [7, 11) is 0. The van der Waals surface area contributed by atoms with E-state index in [0.29, 0.717) is 5.56 Å². The van der Waals surface area contributed by atoms with Gasteiger partial charge in [0.15, 0.2) is 0 Å². The molecule has 1 saturated heterocycles. The zero-order chi connectivity index (χ0) is 15.9. The Labute approximate surface area is 131 Å². The second-order valence-corrected chi connectivity index (χ2v) is 6.91. The number of ether oxygens (including phenoxy) is 2. The van der Waals surface area contributed by atoms with Crippen LogP contribution in [0.2, 0.25) is 0 Å². The van der Waals surface area contributed by atoms with Gasteiger partial charge >= 0.3 is 5.97 Å². The topological polar surface area (TPSA) is 55.8 Å². The lowest BCUT2D eigenvalue weighted by Gasteiger charge is -2.48. The van der Waals surface area contributed by atoms with Crippen molar-refractivity contribution >= 4 is 5.97 Å². The van der Waals surface area contributed by atoms with Crippen LogP contribution in [0.5, 0.6) is 5.75 Å². The lowest BCUT2D eigenvalue weighted by Crippen LogP contribution is -2.48. The molecule has 1 fully saturated rings. The summed E-state index contributed by atoms with van der Waals surface area (Å²) < 4.78 is 12.5. The van der Waals surface area contributed by atoms with Crippen LogP contribution < -0.4 is 4.74 Å². The molecule has 2 heterocycles. The van der Waals surface area contributed by atoms with Crippen molar-refractivity contribution in [2.75, 3.05) is 0 Å². The van der Waals surface area contributed by atoms with Gasteiger partial charge < -0.3 is 14.6 Å². The number of fused-ring (bicyclic) bond motifs is 3. The third-order valence-electron chi connectivity index (χ3n) is 4.94. The number of carbonyl (C=O) groups is 1. The van der Waals surface area contributed by atoms with Crippen molar-refractivity contribution in [2.24, 2.45) is 5.92 Å². The minimum absolute atomic E-state index is 0.0663. The summed E-state index contributed by atoms with van der Waals surface area (Å²) in [6, 6.07) is 5.09. The number of hydrogen-bond acceptors (Lipinski definition) is 3. The molecular weight excluding hydrogens is 280 g/mol. The average Bonchev–Trinajstić information content (AvgIpc) is 2.46. The predicted molar refractivity (Wildman–Crippen MR) is 83.4 cm³/mol. The molecule has 0 amide bonds. The van der Waals surface area contributed by atoms with E-state index in [1.807, 2.05) is 0 Å². The monoisotopic (exact) mass is 304 g/mol. The Hall–Kier alpha value is -1.55. The largest absolute Gasteiger partial charge is 0.487 e. The summed E-state index contributed by atoms with van der Waals surface area (Å²) in [5.74, 6) is 0.107. The number of carboxylic acid groups (broad SMARTS) is 1. The van der Waals surface area contributed by atoms with Crippen LogP contribution in [-0.2, 0) is 4.74 Å². The molecule has 1 aromatic carbocycles. The van der Waals surface area contributed by atoms with Crippen LogP contribution in [0.4, 0.5) is 0 Å². The zero-order valence-corrected chi connectivity index (χ0v) is 13.5. The fourth-order valence-corrected chi connectivity index (χ4v) is 3.78. The van der Waals surface area contributed by atoms with Gasteiger partial charge in [0.25, 0.3) is 0 Å². The van der Waals surface area contributed by atoms with Gasteiger partial charge in [-0.2, -0.15) is 0 Å². The van der Waals surface area contributed by atoms with E-state index in [1.54, 1.807) is 18.2 Å². The van der Waals surface area contributed by atoms with Crippen LogP contribution in [-0.4, -0.2) is 22.8 Å². The lowest BCUT2D eigenvalue weighted by molar-refractivity contribution is -0.151. The highest BCUT2D eigenvalue weighted by atomic mass is 16.5. The van der Waals surface area contributed by atoms with Crippen molar-refractivity contribution in [2.45, 2.75) is 64.3 Å². The van der Waals surface area contributed by atoms with Gasteiger partial charge in [0, 0.05) is 11.5 Å². The molecule has 0 saturated carbocycles. The Morgan fingerprint density at radius 2 is 2.14 bits per heavy atom. The van der Waals surface area contributed by atoms with Gasteiger partial charge in [-0.05, 0) is 51.3 Å². The highest BCUT2D eigenvalue weighted by molar-refractivity contribution is 5.88. The molecule has 2 aliphatic heterocycles. The SMILES string of the molecule is CCC[C@@H]1CC[C@@H]2[C@@H](O1)c1cc(C(=O)O)ccc1OC2(C)C. The lowest BCUT2D eigenvalue weighted by atomic mass is 9.74. The molecule has 2 aliphatic rings. The van der Waals surface area contributed by atoms with Crippen LogP contribution in [0.25, 0.3) is 0 Å². The fourth-order valence-electron chi connectivity index (χ4n) is 3.78. The molecule has 0 aromatic heterocycles. The molecule has 3 rings (SSSR count). The number of rotatable bonds is 3. The Morgan fingerprint density at radius 3 is 2.82 bits per heavy atom. The first kappa shape index (κ1) is 15.3. The normalized spacial score (nSPS) is 29.1. The Morgan fingerprint density at radius 1 is 1.36 bits per heavy atom. The summed E-state index contributed by atoms with van der Waals surface area (Å²) in [6.45, 7) is 6.37. The number of benzene rings is 1. The van der Waals surface area contributed by atoms with Gasteiger partial charge in [0.05, 0.1) is 17.8 Å². The molecule has 4 heteroatoms. The molecule has 0 radical (unpaired) electrons. The molecular formula is C18H24O4. The molecule has 120 valence electrons. The van der Waals surface area contributed by atoms with Crippen LogP contribution in [0.1, 0.15) is 68.5 Å². The molecule has 22 heavy (non-hydrogen) atoms. The van der Waals surface area contributed by atoms with E-state index in [4.69, 9.17) is 9.47 Å². The maximum Gasteiger partial charge on any atom is 0.335 e. The highest BCUT2D eigenvalue weighted by Gasteiger charge is 2.47. The number of hydrogen-bond donors (Lipinski definition) is 1. The van der Waals surface area contributed by atoms with Crippen molar-refractivity contribution in [3.8, 4) is 5.75 Å². The van der Waals surface area contributed by atoms with E-state index in [1.165, 1.54) is 0 Å². The Balaban J connectivity index is 2.00. The standard InChI is InChI=1S/C18H24O4/c1-4-5-12-7-8-14-16(21-12)13-10-11(17(19)20)6-9-15(13)22-18(14,2)3/h6,9-10,12,14,16H,4-5,7-8H2,1-3H3,(H,19,20)/t12-,14-,16+/m1/s1. The summed E-state index contributed by atoms with van der Waals surface area (Å²) >= 11 is 0. The second kappa shape index (κ2) is 5.58. The number of aromatic carboxylic acids is 1. The number of carboxylic acids is 1. The van der Waals surface area contributed by atoms with Crippen molar-refractivity contribution in [3.63, 3.8) is 0 Å². The van der Waals surface area contributed by atoms with Crippen molar-refractivity contribution in [1.82, 2.24) is 0 Å². The molecule has 0 unspecified atom stereocenters. The quantitative estimate of drug-likeness (QED) is 0.909. The first-order chi connectivity index (χ1) is 10.4. The minimum atomic E-state index is -0.912. The van der Waals surface area contributed by atoms with Crippen LogP contribution in [0, 0.1) is 5.92 Å². The summed E-state index contributed by atoms with van der Waals surface area (Å²) in [4.78, 5) is 11.3. The summed E-state index contributed by atoms with van der Waals surface area (Å²) in [5.41, 5.74) is 0.895. The third-order valence-corrected chi connectivity index (χ3v) is 4.94. The molecule has 1 N–H and O–H groups in total. The van der Waals surface area contributed by atoms with Crippen molar-refractivity contribution in [3.05, 3.63) is 29.3 Å². The predicted octanol–water partition coefficient (Wildman–Crippen LogP) is 4.19. The first-order valence-corrected chi connectivity index (χ1v) is 8.14. The molecule has 1 aromatic rings. The van der Waals surface area contributed by atoms with E-state index in [-0.39, 0.29) is 23.7 Å². The van der Waals surface area contributed by atoms with Crippen LogP contribution in [0.15, 0.2) is 18.2 Å². The van der Waals surface area contributed by atoms with Gasteiger partial charge in [0.2, 0.25) is 0 Å². The van der Waals surface area contributed by atoms with Gasteiger partial charge in [-0.25, -0.2) is 4.79 Å². The van der Waals surface area contributed by atoms with E-state index < -0.39 is 5.97 Å². The Kier molecular flexibility index (Phi) is 3.89.